The van der Waals surface area contributed by atoms with Crippen molar-refractivity contribution in [3.05, 3.63) is 53.1 Å². The number of aryl methyl sites for hydroxylation is 2. The highest BCUT2D eigenvalue weighted by Gasteiger charge is 2.29. The van der Waals surface area contributed by atoms with E-state index in [1.165, 1.54) is 0 Å². The van der Waals surface area contributed by atoms with Gasteiger partial charge in [0.25, 0.3) is 0 Å². The lowest BCUT2D eigenvalue weighted by Gasteiger charge is -2.29. The molecule has 0 unspecified atom stereocenters. The van der Waals surface area contributed by atoms with Crippen LogP contribution >= 0.6 is 0 Å². The summed E-state index contributed by atoms with van der Waals surface area (Å²) >= 11 is 0. The highest BCUT2D eigenvalue weighted by Crippen LogP contribution is 2.29. The zero-order chi connectivity index (χ0) is 23.2. The van der Waals surface area contributed by atoms with E-state index in [2.05, 4.69) is 5.32 Å². The zero-order valence-electron chi connectivity index (χ0n) is 19.1. The van der Waals surface area contributed by atoms with Gasteiger partial charge in [-0.1, -0.05) is 12.1 Å². The molecule has 0 fully saturated rings. The average Bonchev–Trinajstić information content (AvgIpc) is 2.66. The number of rotatable bonds is 10. The van der Waals surface area contributed by atoms with Crippen LogP contribution in [0.4, 0.5) is 5.69 Å². The Morgan fingerprint density at radius 3 is 2.13 bits per heavy atom. The number of carbonyl (C=O) groups is 1. The first-order valence-corrected chi connectivity index (χ1v) is 12.2. The number of sulfonamides is 1. The maximum absolute atomic E-state index is 12.9. The predicted octanol–water partition coefficient (Wildman–Crippen LogP) is 3.57. The number of hydrogen-bond donors (Lipinski definition) is 1. The van der Waals surface area contributed by atoms with Crippen molar-refractivity contribution in [2.24, 2.45) is 0 Å². The Balaban J connectivity index is 2.20. The van der Waals surface area contributed by atoms with Crippen LogP contribution in [0.1, 0.15) is 37.5 Å². The summed E-state index contributed by atoms with van der Waals surface area (Å²) in [4.78, 5) is 12.9. The molecule has 1 atom stereocenters. The molecule has 0 saturated carbocycles. The van der Waals surface area contributed by atoms with E-state index < -0.39 is 22.0 Å². The summed E-state index contributed by atoms with van der Waals surface area (Å²) in [6.45, 7) is 10.4. The second-order valence-corrected chi connectivity index (χ2v) is 9.31. The van der Waals surface area contributed by atoms with Gasteiger partial charge in [0.2, 0.25) is 15.9 Å². The first-order chi connectivity index (χ1) is 14.6. The lowest BCUT2D eigenvalue weighted by Crippen LogP contribution is -2.47. The molecular weight excluding hydrogens is 416 g/mol. The van der Waals surface area contributed by atoms with Gasteiger partial charge in [-0.05, 0) is 75.6 Å². The fraction of sp³-hybridized carbons (Fsp3) is 0.435. The average molecular weight is 449 g/mol. The van der Waals surface area contributed by atoms with Crippen molar-refractivity contribution in [2.75, 3.05) is 23.8 Å². The van der Waals surface area contributed by atoms with Crippen molar-refractivity contribution in [2.45, 2.75) is 47.2 Å². The molecule has 2 aromatic carbocycles. The number of carbonyl (C=O) groups excluding carboxylic acids is 1. The van der Waals surface area contributed by atoms with Crippen LogP contribution in [0.25, 0.3) is 0 Å². The van der Waals surface area contributed by atoms with Crippen LogP contribution in [0.5, 0.6) is 11.5 Å². The maximum Gasteiger partial charge on any atom is 0.243 e. The molecule has 0 saturated heterocycles. The Morgan fingerprint density at radius 1 is 1.00 bits per heavy atom. The van der Waals surface area contributed by atoms with Crippen LogP contribution < -0.4 is 19.1 Å². The predicted molar refractivity (Wildman–Crippen MR) is 123 cm³/mol. The van der Waals surface area contributed by atoms with Crippen molar-refractivity contribution in [3.63, 3.8) is 0 Å². The molecular formula is C23H32N2O5S. The van der Waals surface area contributed by atoms with E-state index >= 15 is 0 Å². The molecule has 0 aliphatic carbocycles. The van der Waals surface area contributed by atoms with Crippen molar-refractivity contribution in [1.82, 2.24) is 5.32 Å². The summed E-state index contributed by atoms with van der Waals surface area (Å²) < 4.78 is 37.4. The van der Waals surface area contributed by atoms with Gasteiger partial charge in [-0.15, -0.1) is 0 Å². The van der Waals surface area contributed by atoms with Gasteiger partial charge in [-0.3, -0.25) is 9.10 Å². The van der Waals surface area contributed by atoms with E-state index in [9.17, 15) is 13.2 Å². The van der Waals surface area contributed by atoms with Gasteiger partial charge in [0.1, 0.15) is 6.04 Å². The molecule has 1 N–H and O–H groups in total. The molecule has 31 heavy (non-hydrogen) atoms. The highest BCUT2D eigenvalue weighted by molar-refractivity contribution is 7.92. The molecule has 0 aromatic heterocycles. The number of nitrogens with zero attached hydrogens (tertiary/aromatic N) is 1. The third-order valence-electron chi connectivity index (χ3n) is 4.62. The third-order valence-corrected chi connectivity index (χ3v) is 5.87. The van der Waals surface area contributed by atoms with Gasteiger partial charge in [-0.25, -0.2) is 8.42 Å². The van der Waals surface area contributed by atoms with Crippen LogP contribution in [0.2, 0.25) is 0 Å². The highest BCUT2D eigenvalue weighted by atomic mass is 32.2. The van der Waals surface area contributed by atoms with Crippen LogP contribution in [0.15, 0.2) is 36.4 Å². The largest absolute Gasteiger partial charge is 0.490 e. The van der Waals surface area contributed by atoms with E-state index in [4.69, 9.17) is 9.47 Å². The summed E-state index contributed by atoms with van der Waals surface area (Å²) in [6.07, 6.45) is 1.11. The van der Waals surface area contributed by atoms with Crippen LogP contribution in [0, 0.1) is 13.8 Å². The molecule has 0 heterocycles. The quantitative estimate of drug-likeness (QED) is 0.601. The van der Waals surface area contributed by atoms with E-state index in [1.54, 1.807) is 25.1 Å². The molecule has 0 radical (unpaired) electrons. The summed E-state index contributed by atoms with van der Waals surface area (Å²) in [5.41, 5.74) is 3.15. The first kappa shape index (κ1) is 24.5. The van der Waals surface area contributed by atoms with E-state index in [1.807, 2.05) is 45.9 Å². The molecule has 2 rings (SSSR count). The fourth-order valence-corrected chi connectivity index (χ4v) is 4.59. The van der Waals surface area contributed by atoms with Gasteiger partial charge in [0.05, 0.1) is 25.2 Å². The van der Waals surface area contributed by atoms with Gasteiger partial charge in [-0.2, -0.15) is 0 Å². The lowest BCUT2D eigenvalue weighted by atomic mass is 10.1. The SMILES string of the molecule is CCOc1ccc(CNC(=O)[C@H](C)N(c2cc(C)cc(C)c2)S(C)(=O)=O)cc1OCC. The van der Waals surface area contributed by atoms with Crippen LogP contribution in [-0.2, 0) is 21.4 Å². The Morgan fingerprint density at radius 2 is 1.58 bits per heavy atom. The summed E-state index contributed by atoms with van der Waals surface area (Å²) in [6, 6.07) is 10.0. The summed E-state index contributed by atoms with van der Waals surface area (Å²) in [5, 5.41) is 2.83. The first-order valence-electron chi connectivity index (χ1n) is 10.3. The Hall–Kier alpha value is -2.74. The maximum atomic E-state index is 12.9. The normalized spacial score (nSPS) is 12.2. The van der Waals surface area contributed by atoms with Gasteiger partial charge in [0.15, 0.2) is 11.5 Å². The van der Waals surface area contributed by atoms with E-state index in [0.717, 1.165) is 27.3 Å². The second-order valence-electron chi connectivity index (χ2n) is 7.45. The van der Waals surface area contributed by atoms with Crippen molar-refractivity contribution >= 4 is 21.6 Å². The zero-order valence-corrected chi connectivity index (χ0v) is 19.9. The molecule has 0 aliphatic heterocycles. The molecule has 2 aromatic rings. The summed E-state index contributed by atoms with van der Waals surface area (Å²) in [5.74, 6) is 0.861. The van der Waals surface area contributed by atoms with Crippen molar-refractivity contribution < 1.29 is 22.7 Å². The number of benzene rings is 2. The fourth-order valence-electron chi connectivity index (χ4n) is 3.43. The minimum Gasteiger partial charge on any atom is -0.490 e. The van der Waals surface area contributed by atoms with Crippen molar-refractivity contribution in [1.29, 1.82) is 0 Å². The number of ether oxygens (including phenoxy) is 2. The van der Waals surface area contributed by atoms with Crippen molar-refractivity contribution in [3.8, 4) is 11.5 Å². The number of amides is 1. The molecule has 0 spiro atoms. The molecule has 0 bridgehead atoms. The monoisotopic (exact) mass is 448 g/mol. The topological polar surface area (TPSA) is 84.9 Å². The molecule has 7 nitrogen and oxygen atoms in total. The third kappa shape index (κ3) is 6.62. The molecule has 170 valence electrons. The Bertz CT molecular complexity index is 1000. The summed E-state index contributed by atoms with van der Waals surface area (Å²) in [7, 11) is -3.67. The minimum absolute atomic E-state index is 0.236. The molecule has 8 heteroatoms. The smallest absolute Gasteiger partial charge is 0.243 e. The molecule has 1 amide bonds. The standard InChI is InChI=1S/C23H32N2O5S/c1-7-29-21-10-9-19(14-22(21)30-8-2)15-24-23(26)18(5)25(31(6,27)28)20-12-16(3)11-17(4)13-20/h9-14,18H,7-8,15H2,1-6H3,(H,24,26)/t18-/m0/s1. The minimum atomic E-state index is -3.67. The van der Waals surface area contributed by atoms with Gasteiger partial charge in [0, 0.05) is 6.54 Å². The number of hydrogen-bond acceptors (Lipinski definition) is 5. The van der Waals surface area contributed by atoms with Gasteiger partial charge >= 0.3 is 0 Å². The van der Waals surface area contributed by atoms with Crippen LogP contribution in [-0.4, -0.2) is 39.8 Å². The molecule has 0 aliphatic rings. The Kier molecular flexibility index (Phi) is 8.33. The number of nitrogens with one attached hydrogen (secondary N) is 1. The van der Waals surface area contributed by atoms with Crippen LogP contribution in [0.3, 0.4) is 0 Å². The van der Waals surface area contributed by atoms with Gasteiger partial charge < -0.3 is 14.8 Å². The second kappa shape index (κ2) is 10.5. The number of anilines is 1. The lowest BCUT2D eigenvalue weighted by molar-refractivity contribution is -0.122. The van der Waals surface area contributed by atoms with E-state index in [-0.39, 0.29) is 6.54 Å². The Labute approximate surface area is 185 Å². The van der Waals surface area contributed by atoms with E-state index in [0.29, 0.717) is 30.4 Å².